The van der Waals surface area contributed by atoms with Crippen LogP contribution in [0.4, 0.5) is 33.3 Å². The van der Waals surface area contributed by atoms with Crippen molar-refractivity contribution in [3.05, 3.63) is 46.6 Å². The van der Waals surface area contributed by atoms with E-state index in [0.717, 1.165) is 6.26 Å². The van der Waals surface area contributed by atoms with E-state index in [-0.39, 0.29) is 58.5 Å². The van der Waals surface area contributed by atoms with Crippen LogP contribution in [0, 0.1) is 11.7 Å². The standard InChI is InChI=1S/C25H31F5N4O2S/c1-5-24(26,27)10-12-34(6-2)19-14-18(16-7-8-16)22(25(28,29)30)15(3)21(19)23(35)33-17-9-11-32-20(13-17)37(4,31)36/h9,11,13-14,16,31H,5-8,10,12H2,1-4H3,(H,32,33,35). The van der Waals surface area contributed by atoms with Crippen molar-refractivity contribution in [3.63, 3.8) is 0 Å². The number of alkyl halides is 5. The van der Waals surface area contributed by atoms with E-state index in [1.54, 1.807) is 6.92 Å². The molecule has 0 radical (unpaired) electrons. The molecule has 1 aliphatic rings. The number of pyridine rings is 1. The third-order valence-corrected chi connectivity index (χ3v) is 7.52. The van der Waals surface area contributed by atoms with Gasteiger partial charge in [-0.15, -0.1) is 0 Å². The predicted molar refractivity (Wildman–Crippen MR) is 133 cm³/mol. The molecule has 0 spiro atoms. The maximum Gasteiger partial charge on any atom is 0.416 e. The van der Waals surface area contributed by atoms with E-state index >= 15 is 0 Å². The minimum atomic E-state index is -4.72. The molecule has 6 nitrogen and oxygen atoms in total. The molecule has 1 amide bonds. The van der Waals surface area contributed by atoms with Gasteiger partial charge < -0.3 is 10.2 Å². The molecule has 204 valence electrons. The summed E-state index contributed by atoms with van der Waals surface area (Å²) in [6, 6.07) is 3.92. The van der Waals surface area contributed by atoms with Crippen LogP contribution in [0.2, 0.25) is 0 Å². The second-order valence-electron chi connectivity index (χ2n) is 9.35. The fourth-order valence-corrected chi connectivity index (χ4v) is 4.89. The van der Waals surface area contributed by atoms with Crippen LogP contribution in [0.1, 0.15) is 72.5 Å². The average molecular weight is 547 g/mol. The van der Waals surface area contributed by atoms with E-state index in [2.05, 4.69) is 10.3 Å². The molecule has 37 heavy (non-hydrogen) atoms. The first-order valence-electron chi connectivity index (χ1n) is 12.0. The molecule has 12 heteroatoms. The number of rotatable bonds is 10. The lowest BCUT2D eigenvalue weighted by Crippen LogP contribution is -2.32. The summed E-state index contributed by atoms with van der Waals surface area (Å²) in [5.74, 6) is -4.13. The third kappa shape index (κ3) is 6.77. The van der Waals surface area contributed by atoms with Gasteiger partial charge in [-0.2, -0.15) is 13.2 Å². The molecule has 0 saturated heterocycles. The molecular weight excluding hydrogens is 515 g/mol. The van der Waals surface area contributed by atoms with Crippen molar-refractivity contribution in [1.82, 2.24) is 4.98 Å². The number of benzene rings is 1. The zero-order valence-electron chi connectivity index (χ0n) is 21.1. The Labute approximate surface area is 213 Å². The Hall–Kier alpha value is -2.76. The maximum atomic E-state index is 14.2. The van der Waals surface area contributed by atoms with Crippen LogP contribution in [0.3, 0.4) is 0 Å². The van der Waals surface area contributed by atoms with Gasteiger partial charge in [0.2, 0.25) is 5.92 Å². The van der Waals surface area contributed by atoms with E-state index in [0.29, 0.717) is 12.8 Å². The zero-order chi connectivity index (χ0) is 27.8. The van der Waals surface area contributed by atoms with Crippen LogP contribution in [-0.4, -0.2) is 40.4 Å². The van der Waals surface area contributed by atoms with E-state index in [4.69, 9.17) is 4.78 Å². The highest BCUT2D eigenvalue weighted by Crippen LogP contribution is 2.49. The van der Waals surface area contributed by atoms with Crippen molar-refractivity contribution in [1.29, 1.82) is 4.78 Å². The fraction of sp³-hybridized carbons (Fsp3) is 0.520. The average Bonchev–Trinajstić information content (AvgIpc) is 3.63. The predicted octanol–water partition coefficient (Wildman–Crippen LogP) is 6.84. The quantitative estimate of drug-likeness (QED) is 0.320. The van der Waals surface area contributed by atoms with Gasteiger partial charge in [-0.3, -0.25) is 4.79 Å². The Morgan fingerprint density at radius 1 is 1.22 bits per heavy atom. The van der Waals surface area contributed by atoms with Gasteiger partial charge in [0.1, 0.15) is 5.03 Å². The summed E-state index contributed by atoms with van der Waals surface area (Å²) in [5.41, 5.74) is -1.09. The van der Waals surface area contributed by atoms with Crippen LogP contribution in [0.5, 0.6) is 0 Å². The topological polar surface area (TPSA) is 86.2 Å². The van der Waals surface area contributed by atoms with Crippen molar-refractivity contribution in [2.24, 2.45) is 0 Å². The van der Waals surface area contributed by atoms with E-state index in [1.165, 1.54) is 43.1 Å². The Kier molecular flexibility index (Phi) is 8.21. The SMILES string of the molecule is CCN(CCC(F)(F)CC)c1cc(C2CC2)c(C(F)(F)F)c(C)c1C(=O)Nc1ccnc(S(C)(=N)=O)c1. The van der Waals surface area contributed by atoms with Gasteiger partial charge in [0.05, 0.1) is 26.5 Å². The van der Waals surface area contributed by atoms with Crippen molar-refractivity contribution >= 4 is 27.0 Å². The van der Waals surface area contributed by atoms with Crippen LogP contribution in [-0.2, 0) is 15.9 Å². The Bertz CT molecular complexity index is 1270. The highest BCUT2D eigenvalue weighted by molar-refractivity contribution is 7.91. The van der Waals surface area contributed by atoms with Gasteiger partial charge in [0.15, 0.2) is 0 Å². The number of nitrogens with one attached hydrogen (secondary N) is 2. The maximum absolute atomic E-state index is 14.2. The minimum absolute atomic E-state index is 0.0726. The molecule has 2 aromatic rings. The summed E-state index contributed by atoms with van der Waals surface area (Å²) in [5, 5.41) is 2.43. The van der Waals surface area contributed by atoms with Crippen LogP contribution >= 0.6 is 0 Å². The molecule has 1 saturated carbocycles. The molecule has 1 aromatic carbocycles. The first-order valence-corrected chi connectivity index (χ1v) is 13.9. The fourth-order valence-electron chi connectivity index (χ4n) is 4.27. The number of hydrogen-bond acceptors (Lipinski definition) is 5. The summed E-state index contributed by atoms with van der Waals surface area (Å²) in [4.78, 5) is 18.9. The van der Waals surface area contributed by atoms with E-state index in [9.17, 15) is 31.0 Å². The number of hydrogen-bond donors (Lipinski definition) is 2. The van der Waals surface area contributed by atoms with Gasteiger partial charge in [-0.1, -0.05) is 6.92 Å². The summed E-state index contributed by atoms with van der Waals surface area (Å²) in [6.45, 7) is 4.32. The van der Waals surface area contributed by atoms with Crippen LogP contribution < -0.4 is 10.2 Å². The molecule has 1 fully saturated rings. The Morgan fingerprint density at radius 3 is 2.38 bits per heavy atom. The molecule has 1 atom stereocenters. The largest absolute Gasteiger partial charge is 0.416 e. The molecule has 0 bridgehead atoms. The number of halogens is 5. The van der Waals surface area contributed by atoms with Crippen LogP contribution in [0.15, 0.2) is 29.4 Å². The van der Waals surface area contributed by atoms with Crippen molar-refractivity contribution in [3.8, 4) is 0 Å². The first-order chi connectivity index (χ1) is 17.1. The number of amides is 1. The lowest BCUT2D eigenvalue weighted by atomic mass is 9.91. The summed E-state index contributed by atoms with van der Waals surface area (Å²) < 4.78 is 90.5. The van der Waals surface area contributed by atoms with Gasteiger partial charge in [0, 0.05) is 44.1 Å². The van der Waals surface area contributed by atoms with Crippen molar-refractivity contribution < 1.29 is 31.0 Å². The summed E-state index contributed by atoms with van der Waals surface area (Å²) in [6.07, 6.45) is -2.06. The normalized spacial score (nSPS) is 15.8. The molecule has 1 aliphatic carbocycles. The van der Waals surface area contributed by atoms with Crippen LogP contribution in [0.25, 0.3) is 0 Å². The smallest absolute Gasteiger partial charge is 0.371 e. The Balaban J connectivity index is 2.15. The number of aromatic nitrogens is 1. The van der Waals surface area contributed by atoms with Crippen molar-refractivity contribution in [2.45, 2.75) is 69.5 Å². The monoisotopic (exact) mass is 546 g/mol. The van der Waals surface area contributed by atoms with Gasteiger partial charge in [0.25, 0.3) is 5.91 Å². The molecule has 1 heterocycles. The van der Waals surface area contributed by atoms with E-state index in [1.807, 2.05) is 0 Å². The minimum Gasteiger partial charge on any atom is -0.371 e. The van der Waals surface area contributed by atoms with Gasteiger partial charge in [-0.25, -0.2) is 22.8 Å². The number of anilines is 2. The third-order valence-electron chi connectivity index (χ3n) is 6.49. The van der Waals surface area contributed by atoms with Gasteiger partial charge >= 0.3 is 6.18 Å². The summed E-state index contributed by atoms with van der Waals surface area (Å²) in [7, 11) is -3.21. The second-order valence-corrected chi connectivity index (χ2v) is 11.5. The number of carbonyl (C=O) groups is 1. The number of nitrogens with zero attached hydrogens (tertiary/aromatic N) is 2. The zero-order valence-corrected chi connectivity index (χ0v) is 22.0. The lowest BCUT2D eigenvalue weighted by molar-refractivity contribution is -0.138. The van der Waals surface area contributed by atoms with E-state index < -0.39 is 39.7 Å². The molecule has 3 rings (SSSR count). The molecular formula is C25H31F5N4O2S. The van der Waals surface area contributed by atoms with Gasteiger partial charge in [-0.05, 0) is 61.9 Å². The Morgan fingerprint density at radius 2 is 1.86 bits per heavy atom. The highest BCUT2D eigenvalue weighted by Gasteiger charge is 2.42. The molecule has 2 N–H and O–H groups in total. The highest BCUT2D eigenvalue weighted by atomic mass is 32.2. The molecule has 1 aromatic heterocycles. The first kappa shape index (κ1) is 28.8. The lowest BCUT2D eigenvalue weighted by Gasteiger charge is -2.30. The number of carbonyl (C=O) groups excluding carboxylic acids is 1. The molecule has 0 aliphatic heterocycles. The van der Waals surface area contributed by atoms with Crippen molar-refractivity contribution in [2.75, 3.05) is 29.6 Å². The second kappa shape index (κ2) is 10.5. The summed E-state index contributed by atoms with van der Waals surface area (Å²) >= 11 is 0. The molecule has 1 unspecified atom stereocenters.